The van der Waals surface area contributed by atoms with E-state index in [-0.39, 0.29) is 30.7 Å². The molecule has 134 valence electrons. The average Bonchev–Trinajstić information content (AvgIpc) is 2.96. The molecule has 1 fully saturated rings. The van der Waals surface area contributed by atoms with Crippen LogP contribution >= 0.6 is 0 Å². The van der Waals surface area contributed by atoms with Crippen LogP contribution in [0.5, 0.6) is 0 Å². The van der Waals surface area contributed by atoms with Crippen LogP contribution in [-0.2, 0) is 16.1 Å². The van der Waals surface area contributed by atoms with Crippen LogP contribution in [-0.4, -0.2) is 48.7 Å². The molecule has 3 amide bonds. The normalized spacial score (nSPS) is 16.8. The minimum absolute atomic E-state index is 0.00464. The number of cyclic esters (lactones) is 1. The number of benzene rings is 1. The lowest BCUT2D eigenvalue weighted by atomic mass is 10.1. The Morgan fingerprint density at radius 1 is 1.32 bits per heavy atom. The van der Waals surface area contributed by atoms with E-state index >= 15 is 0 Å². The number of nitrogens with zero attached hydrogens (tertiary/aromatic N) is 1. The summed E-state index contributed by atoms with van der Waals surface area (Å²) in [5, 5.41) is 5.67. The third kappa shape index (κ3) is 4.01. The summed E-state index contributed by atoms with van der Waals surface area (Å²) >= 11 is 0. The first kappa shape index (κ1) is 17.1. The van der Waals surface area contributed by atoms with Gasteiger partial charge in [-0.3, -0.25) is 0 Å². The number of hydrogen-bond donors (Lipinski definition) is 2. The number of piperidine rings is 1. The predicted octanol–water partition coefficient (Wildman–Crippen LogP) is 2.10. The van der Waals surface area contributed by atoms with Gasteiger partial charge in [0.2, 0.25) is 0 Å². The number of ether oxygens (including phenoxy) is 2. The summed E-state index contributed by atoms with van der Waals surface area (Å²) in [6, 6.07) is 4.76. The number of anilines is 1. The van der Waals surface area contributed by atoms with Crippen molar-refractivity contribution in [1.29, 1.82) is 0 Å². The molecule has 25 heavy (non-hydrogen) atoms. The molecular weight excluding hydrogens is 326 g/mol. The van der Waals surface area contributed by atoms with E-state index in [9.17, 15) is 14.4 Å². The number of nitrogens with one attached hydrogen (secondary N) is 2. The van der Waals surface area contributed by atoms with Crippen molar-refractivity contribution in [2.24, 2.45) is 0 Å². The van der Waals surface area contributed by atoms with Crippen LogP contribution in [0.2, 0.25) is 0 Å². The highest BCUT2D eigenvalue weighted by atomic mass is 16.6. The summed E-state index contributed by atoms with van der Waals surface area (Å²) in [7, 11) is 0. The number of likely N-dealkylation sites (tertiary alicyclic amines) is 1. The van der Waals surface area contributed by atoms with Crippen LogP contribution in [0.25, 0.3) is 0 Å². The third-order valence-corrected chi connectivity index (χ3v) is 4.30. The highest BCUT2D eigenvalue weighted by molar-refractivity contribution is 5.95. The molecule has 1 aromatic carbocycles. The lowest BCUT2D eigenvalue weighted by Gasteiger charge is -2.31. The fraction of sp³-hybridized carbons (Fsp3) is 0.471. The molecule has 0 radical (unpaired) electrons. The van der Waals surface area contributed by atoms with E-state index in [4.69, 9.17) is 9.47 Å². The average molecular weight is 347 g/mol. The molecule has 1 saturated heterocycles. The van der Waals surface area contributed by atoms with Crippen molar-refractivity contribution in [3.8, 4) is 0 Å². The van der Waals surface area contributed by atoms with Crippen LogP contribution in [0.15, 0.2) is 18.2 Å². The number of carbonyl (C=O) groups is 3. The van der Waals surface area contributed by atoms with Gasteiger partial charge in [0.1, 0.15) is 6.61 Å². The van der Waals surface area contributed by atoms with Crippen molar-refractivity contribution in [3.63, 3.8) is 0 Å². The van der Waals surface area contributed by atoms with Crippen LogP contribution in [0.1, 0.15) is 35.7 Å². The molecular formula is C17H21N3O5. The number of fused-ring (bicyclic) bond motifs is 1. The zero-order valence-electron chi connectivity index (χ0n) is 14.0. The molecule has 3 rings (SSSR count). The smallest absolute Gasteiger partial charge is 0.409 e. The van der Waals surface area contributed by atoms with E-state index in [0.29, 0.717) is 43.8 Å². The Balaban J connectivity index is 1.47. The van der Waals surface area contributed by atoms with Gasteiger partial charge in [0.25, 0.3) is 0 Å². The maximum absolute atomic E-state index is 12.1. The monoisotopic (exact) mass is 347 g/mol. The van der Waals surface area contributed by atoms with Crippen LogP contribution in [0, 0.1) is 0 Å². The van der Waals surface area contributed by atoms with Crippen molar-refractivity contribution >= 4 is 23.8 Å². The molecule has 1 aromatic rings. The Morgan fingerprint density at radius 3 is 2.80 bits per heavy atom. The Labute approximate surface area is 145 Å². The first-order valence-corrected chi connectivity index (χ1v) is 8.36. The molecule has 0 aliphatic carbocycles. The highest BCUT2D eigenvalue weighted by Gasteiger charge is 2.25. The summed E-state index contributed by atoms with van der Waals surface area (Å²) in [6.45, 7) is 3.48. The second kappa shape index (κ2) is 7.42. The maximum Gasteiger partial charge on any atom is 0.409 e. The molecule has 2 heterocycles. The number of rotatable bonds is 3. The number of amides is 3. The van der Waals surface area contributed by atoms with Crippen molar-refractivity contribution in [3.05, 3.63) is 29.3 Å². The fourth-order valence-electron chi connectivity index (χ4n) is 2.98. The second-order valence-corrected chi connectivity index (χ2v) is 6.01. The van der Waals surface area contributed by atoms with E-state index in [0.717, 1.165) is 5.56 Å². The van der Waals surface area contributed by atoms with Gasteiger partial charge < -0.3 is 25.0 Å². The first-order chi connectivity index (χ1) is 12.1. The third-order valence-electron chi connectivity index (χ3n) is 4.30. The van der Waals surface area contributed by atoms with Gasteiger partial charge in [-0.1, -0.05) is 0 Å². The van der Waals surface area contributed by atoms with Gasteiger partial charge in [0.15, 0.2) is 0 Å². The number of carbonyl (C=O) groups excluding carboxylic acids is 3. The fourth-order valence-corrected chi connectivity index (χ4v) is 2.98. The Kier molecular flexibility index (Phi) is 5.06. The molecule has 8 heteroatoms. The highest BCUT2D eigenvalue weighted by Crippen LogP contribution is 2.23. The van der Waals surface area contributed by atoms with Crippen LogP contribution in [0.4, 0.5) is 15.3 Å². The SMILES string of the molecule is CCOC(=O)N1CCC(NC(=O)Nc2ccc3c(c2)COC3=O)CC1. The van der Waals surface area contributed by atoms with Gasteiger partial charge in [-0.2, -0.15) is 0 Å². The van der Waals surface area contributed by atoms with Gasteiger partial charge in [-0.05, 0) is 38.0 Å². The Morgan fingerprint density at radius 2 is 2.08 bits per heavy atom. The van der Waals surface area contributed by atoms with Crippen molar-refractivity contribution in [1.82, 2.24) is 10.2 Å². The molecule has 0 aromatic heterocycles. The number of esters is 1. The largest absolute Gasteiger partial charge is 0.457 e. The Bertz CT molecular complexity index is 683. The zero-order valence-corrected chi connectivity index (χ0v) is 14.0. The van der Waals surface area contributed by atoms with Crippen LogP contribution < -0.4 is 10.6 Å². The van der Waals surface area contributed by atoms with E-state index in [2.05, 4.69) is 10.6 Å². The standard InChI is InChI=1S/C17H21N3O5/c1-2-24-17(23)20-7-5-12(6-8-20)18-16(22)19-13-3-4-14-11(9-13)10-25-15(14)21/h3-4,9,12H,2,5-8,10H2,1H3,(H2,18,19,22). The summed E-state index contributed by atoms with van der Waals surface area (Å²) in [5.41, 5.74) is 1.92. The minimum atomic E-state index is -0.334. The zero-order chi connectivity index (χ0) is 17.8. The summed E-state index contributed by atoms with van der Waals surface area (Å²) in [6.07, 6.45) is 1.05. The van der Waals surface area contributed by atoms with Crippen molar-refractivity contribution in [2.75, 3.05) is 25.0 Å². The molecule has 0 bridgehead atoms. The molecule has 0 unspecified atom stereocenters. The van der Waals surface area contributed by atoms with E-state index in [1.807, 2.05) is 0 Å². The van der Waals surface area contributed by atoms with E-state index in [1.54, 1.807) is 30.0 Å². The van der Waals surface area contributed by atoms with Gasteiger partial charge in [-0.25, -0.2) is 14.4 Å². The molecule has 2 aliphatic rings. The van der Waals surface area contributed by atoms with Gasteiger partial charge >= 0.3 is 18.1 Å². The van der Waals surface area contributed by atoms with Gasteiger partial charge in [0, 0.05) is 30.4 Å². The molecule has 0 saturated carbocycles. The summed E-state index contributed by atoms with van der Waals surface area (Å²) in [4.78, 5) is 36.9. The summed E-state index contributed by atoms with van der Waals surface area (Å²) < 4.78 is 9.92. The van der Waals surface area contributed by atoms with Crippen molar-refractivity contribution < 1.29 is 23.9 Å². The molecule has 2 aliphatic heterocycles. The summed E-state index contributed by atoms with van der Waals surface area (Å²) in [5.74, 6) is -0.334. The van der Waals surface area contributed by atoms with Crippen LogP contribution in [0.3, 0.4) is 0 Å². The van der Waals surface area contributed by atoms with E-state index < -0.39 is 0 Å². The minimum Gasteiger partial charge on any atom is -0.457 e. The van der Waals surface area contributed by atoms with Gasteiger partial charge in [-0.15, -0.1) is 0 Å². The topological polar surface area (TPSA) is 97.0 Å². The van der Waals surface area contributed by atoms with Gasteiger partial charge in [0.05, 0.1) is 12.2 Å². The molecule has 2 N–H and O–H groups in total. The Hall–Kier alpha value is -2.77. The number of urea groups is 1. The predicted molar refractivity (Wildman–Crippen MR) is 89.3 cm³/mol. The number of hydrogen-bond acceptors (Lipinski definition) is 5. The van der Waals surface area contributed by atoms with E-state index in [1.165, 1.54) is 0 Å². The maximum atomic E-state index is 12.1. The lowest BCUT2D eigenvalue weighted by molar-refractivity contribution is 0.0535. The second-order valence-electron chi connectivity index (χ2n) is 6.01. The molecule has 8 nitrogen and oxygen atoms in total. The lowest BCUT2D eigenvalue weighted by Crippen LogP contribution is -2.47. The quantitative estimate of drug-likeness (QED) is 0.816. The molecule has 0 spiro atoms. The first-order valence-electron chi connectivity index (χ1n) is 8.36. The van der Waals surface area contributed by atoms with Crippen molar-refractivity contribution in [2.45, 2.75) is 32.4 Å². The molecule has 0 atom stereocenters.